The van der Waals surface area contributed by atoms with Crippen molar-refractivity contribution in [1.82, 2.24) is 5.32 Å². The first-order chi connectivity index (χ1) is 10.1. The Bertz CT molecular complexity index is 589. The van der Waals surface area contributed by atoms with Crippen molar-refractivity contribution in [2.45, 2.75) is 17.4 Å². The summed E-state index contributed by atoms with van der Waals surface area (Å²) in [6.45, 7) is 0. The van der Waals surface area contributed by atoms with Crippen LogP contribution in [0.2, 0.25) is 10.0 Å². The summed E-state index contributed by atoms with van der Waals surface area (Å²) in [7, 11) is 1.92. The first kappa shape index (κ1) is 16.6. The molecule has 0 aliphatic carbocycles. The fourth-order valence-corrected chi connectivity index (χ4v) is 3.33. The van der Waals surface area contributed by atoms with E-state index in [1.165, 1.54) is 12.1 Å². The fraction of sp³-hybridized carbons (Fsp3) is 0.250. The van der Waals surface area contributed by atoms with Crippen molar-refractivity contribution in [1.29, 1.82) is 0 Å². The van der Waals surface area contributed by atoms with Crippen molar-refractivity contribution < 1.29 is 4.39 Å². The predicted molar refractivity (Wildman–Crippen MR) is 90.1 cm³/mol. The van der Waals surface area contributed by atoms with Gasteiger partial charge in [-0.2, -0.15) is 0 Å². The maximum Gasteiger partial charge on any atom is 0.123 e. The lowest BCUT2D eigenvalue weighted by Gasteiger charge is -2.17. The monoisotopic (exact) mass is 343 g/mol. The van der Waals surface area contributed by atoms with E-state index in [2.05, 4.69) is 5.32 Å². The average molecular weight is 344 g/mol. The van der Waals surface area contributed by atoms with Crippen molar-refractivity contribution in [3.05, 3.63) is 63.9 Å². The molecule has 1 N–H and O–H groups in total. The Hall–Kier alpha value is -0.740. The SMILES string of the molecule is CNC(CSc1ccc(F)cc1)Cc1cc(Cl)ccc1Cl. The van der Waals surface area contributed by atoms with Crippen molar-refractivity contribution in [3.8, 4) is 0 Å². The highest BCUT2D eigenvalue weighted by molar-refractivity contribution is 7.99. The Morgan fingerprint density at radius 3 is 2.52 bits per heavy atom. The minimum Gasteiger partial charge on any atom is -0.316 e. The van der Waals surface area contributed by atoms with E-state index in [9.17, 15) is 4.39 Å². The molecule has 0 aliphatic heterocycles. The third-order valence-electron chi connectivity index (χ3n) is 3.15. The summed E-state index contributed by atoms with van der Waals surface area (Å²) in [5.41, 5.74) is 1.03. The van der Waals surface area contributed by atoms with Gasteiger partial charge in [-0.05, 0) is 61.5 Å². The molecular weight excluding hydrogens is 328 g/mol. The quantitative estimate of drug-likeness (QED) is 0.736. The molecule has 2 aromatic rings. The van der Waals surface area contributed by atoms with E-state index in [1.807, 2.05) is 19.2 Å². The number of benzene rings is 2. The molecule has 1 unspecified atom stereocenters. The molecule has 0 bridgehead atoms. The highest BCUT2D eigenvalue weighted by Gasteiger charge is 2.11. The molecule has 0 saturated heterocycles. The van der Waals surface area contributed by atoms with Crippen molar-refractivity contribution >= 4 is 35.0 Å². The summed E-state index contributed by atoms with van der Waals surface area (Å²) in [5.74, 6) is 0.653. The molecule has 2 aromatic carbocycles. The molecule has 0 fully saturated rings. The molecule has 1 nitrogen and oxygen atoms in total. The number of hydrogen-bond donors (Lipinski definition) is 1. The molecule has 0 saturated carbocycles. The Balaban J connectivity index is 1.96. The van der Waals surface area contributed by atoms with Crippen LogP contribution >= 0.6 is 35.0 Å². The predicted octanol–water partition coefficient (Wildman–Crippen LogP) is 5.06. The smallest absolute Gasteiger partial charge is 0.123 e. The lowest BCUT2D eigenvalue weighted by molar-refractivity contribution is 0.617. The molecule has 0 spiro atoms. The van der Waals surface area contributed by atoms with Crippen LogP contribution in [0.1, 0.15) is 5.56 Å². The van der Waals surface area contributed by atoms with Crippen LogP contribution in [0.4, 0.5) is 4.39 Å². The van der Waals surface area contributed by atoms with E-state index >= 15 is 0 Å². The van der Waals surface area contributed by atoms with Crippen LogP contribution in [0.15, 0.2) is 47.4 Å². The van der Waals surface area contributed by atoms with Gasteiger partial charge in [-0.1, -0.05) is 23.2 Å². The molecule has 21 heavy (non-hydrogen) atoms. The van der Waals surface area contributed by atoms with E-state index < -0.39 is 0 Å². The summed E-state index contributed by atoms with van der Waals surface area (Å²) < 4.78 is 12.9. The Morgan fingerprint density at radius 2 is 1.86 bits per heavy atom. The number of thioether (sulfide) groups is 1. The Kier molecular flexibility index (Phi) is 6.37. The zero-order valence-electron chi connectivity index (χ0n) is 11.6. The van der Waals surface area contributed by atoms with Gasteiger partial charge in [0, 0.05) is 26.7 Å². The summed E-state index contributed by atoms with van der Waals surface area (Å²) in [6, 6.07) is 12.3. The molecule has 2 rings (SSSR count). The van der Waals surface area contributed by atoms with Gasteiger partial charge in [-0.15, -0.1) is 11.8 Å². The minimum atomic E-state index is -0.213. The van der Waals surface area contributed by atoms with Gasteiger partial charge in [-0.25, -0.2) is 4.39 Å². The summed E-state index contributed by atoms with van der Waals surface area (Å²) in [6.07, 6.45) is 0.796. The summed E-state index contributed by atoms with van der Waals surface area (Å²) in [5, 5.41) is 4.70. The number of likely N-dealkylation sites (N-methyl/N-ethyl adjacent to an activating group) is 1. The van der Waals surface area contributed by atoms with E-state index in [0.717, 1.165) is 27.7 Å². The second kappa shape index (κ2) is 8.04. The topological polar surface area (TPSA) is 12.0 Å². The lowest BCUT2D eigenvalue weighted by atomic mass is 10.1. The number of nitrogens with one attached hydrogen (secondary N) is 1. The third-order valence-corrected chi connectivity index (χ3v) is 4.93. The lowest BCUT2D eigenvalue weighted by Crippen LogP contribution is -2.30. The zero-order valence-corrected chi connectivity index (χ0v) is 13.9. The zero-order chi connectivity index (χ0) is 15.2. The summed E-state index contributed by atoms with van der Waals surface area (Å²) in [4.78, 5) is 1.05. The molecule has 5 heteroatoms. The molecular formula is C16H16Cl2FNS. The van der Waals surface area contributed by atoms with Crippen LogP contribution in [0.25, 0.3) is 0 Å². The van der Waals surface area contributed by atoms with Gasteiger partial charge < -0.3 is 5.32 Å². The van der Waals surface area contributed by atoms with Gasteiger partial charge in [0.15, 0.2) is 0 Å². The molecule has 0 radical (unpaired) electrons. The molecule has 112 valence electrons. The van der Waals surface area contributed by atoms with E-state index in [0.29, 0.717) is 5.02 Å². The van der Waals surface area contributed by atoms with Crippen molar-refractivity contribution in [2.24, 2.45) is 0 Å². The van der Waals surface area contributed by atoms with Gasteiger partial charge in [0.1, 0.15) is 5.82 Å². The van der Waals surface area contributed by atoms with Crippen LogP contribution in [0.5, 0.6) is 0 Å². The van der Waals surface area contributed by atoms with Crippen molar-refractivity contribution in [3.63, 3.8) is 0 Å². The highest BCUT2D eigenvalue weighted by Crippen LogP contribution is 2.24. The van der Waals surface area contributed by atoms with Gasteiger partial charge in [0.2, 0.25) is 0 Å². The van der Waals surface area contributed by atoms with Crippen LogP contribution in [0.3, 0.4) is 0 Å². The normalized spacial score (nSPS) is 12.4. The number of hydrogen-bond acceptors (Lipinski definition) is 2. The van der Waals surface area contributed by atoms with E-state index in [4.69, 9.17) is 23.2 Å². The van der Waals surface area contributed by atoms with Gasteiger partial charge >= 0.3 is 0 Å². The maximum atomic E-state index is 12.9. The highest BCUT2D eigenvalue weighted by atomic mass is 35.5. The maximum absolute atomic E-state index is 12.9. The van der Waals surface area contributed by atoms with E-state index in [1.54, 1.807) is 30.0 Å². The van der Waals surface area contributed by atoms with Crippen molar-refractivity contribution in [2.75, 3.05) is 12.8 Å². The molecule has 0 aromatic heterocycles. The van der Waals surface area contributed by atoms with Gasteiger partial charge in [-0.3, -0.25) is 0 Å². The first-order valence-corrected chi connectivity index (χ1v) is 8.32. The van der Waals surface area contributed by atoms with Gasteiger partial charge in [0.05, 0.1) is 0 Å². The van der Waals surface area contributed by atoms with Crippen LogP contribution in [-0.2, 0) is 6.42 Å². The van der Waals surface area contributed by atoms with E-state index in [-0.39, 0.29) is 11.9 Å². The first-order valence-electron chi connectivity index (χ1n) is 6.58. The minimum absolute atomic E-state index is 0.213. The standard InChI is InChI=1S/C16H16Cl2FNS/c1-20-14(9-11-8-12(17)2-7-16(11)18)10-21-15-5-3-13(19)4-6-15/h2-8,14,20H,9-10H2,1H3. The Labute approximate surface area is 138 Å². The van der Waals surface area contributed by atoms with Crippen LogP contribution < -0.4 is 5.32 Å². The largest absolute Gasteiger partial charge is 0.316 e. The molecule has 0 heterocycles. The molecule has 1 atom stereocenters. The van der Waals surface area contributed by atoms with Crippen LogP contribution in [0, 0.1) is 5.82 Å². The third kappa shape index (κ3) is 5.19. The Morgan fingerprint density at radius 1 is 1.14 bits per heavy atom. The molecule has 0 amide bonds. The second-order valence-corrected chi connectivity index (χ2v) is 6.63. The average Bonchev–Trinajstić information content (AvgIpc) is 2.48. The van der Waals surface area contributed by atoms with Crippen LogP contribution in [-0.4, -0.2) is 18.8 Å². The second-order valence-electron chi connectivity index (χ2n) is 4.69. The van der Waals surface area contributed by atoms with Gasteiger partial charge in [0.25, 0.3) is 0 Å². The number of rotatable bonds is 6. The number of halogens is 3. The molecule has 0 aliphatic rings. The summed E-state index contributed by atoms with van der Waals surface area (Å²) >= 11 is 13.9. The fourth-order valence-electron chi connectivity index (χ4n) is 1.94.